The van der Waals surface area contributed by atoms with Gasteiger partial charge in [-0.25, -0.2) is 4.39 Å². The van der Waals surface area contributed by atoms with Crippen molar-refractivity contribution in [1.82, 2.24) is 5.32 Å². The first-order valence-electron chi connectivity index (χ1n) is 8.45. The molecule has 0 saturated heterocycles. The number of methoxy groups -OCH3 is 2. The van der Waals surface area contributed by atoms with Gasteiger partial charge in [0.15, 0.2) is 5.76 Å². The van der Waals surface area contributed by atoms with Crippen LogP contribution in [0.4, 0.5) is 4.39 Å². The van der Waals surface area contributed by atoms with E-state index in [1.165, 1.54) is 12.1 Å². The van der Waals surface area contributed by atoms with E-state index in [4.69, 9.17) is 13.9 Å². The van der Waals surface area contributed by atoms with Crippen LogP contribution < -0.4 is 14.8 Å². The average Bonchev–Trinajstić information content (AvgIpc) is 3.19. The van der Waals surface area contributed by atoms with Crippen LogP contribution >= 0.6 is 0 Å². The Bertz CT molecular complexity index is 918. The van der Waals surface area contributed by atoms with Crippen LogP contribution in [0.25, 0.3) is 11.3 Å². The van der Waals surface area contributed by atoms with Gasteiger partial charge < -0.3 is 19.2 Å². The second-order valence-electron chi connectivity index (χ2n) is 5.85. The minimum Gasteiger partial charge on any atom is -0.497 e. The zero-order valence-corrected chi connectivity index (χ0v) is 15.1. The molecule has 0 fully saturated rings. The van der Waals surface area contributed by atoms with Gasteiger partial charge >= 0.3 is 0 Å². The second-order valence-corrected chi connectivity index (χ2v) is 5.85. The lowest BCUT2D eigenvalue weighted by molar-refractivity contribution is 0.0927. The monoisotopic (exact) mass is 369 g/mol. The van der Waals surface area contributed by atoms with Crippen LogP contribution in [0.1, 0.15) is 16.1 Å². The van der Waals surface area contributed by atoms with Crippen molar-refractivity contribution >= 4 is 5.91 Å². The third-order valence-electron chi connectivity index (χ3n) is 4.13. The minimum absolute atomic E-state index is 0.205. The number of carbonyl (C=O) groups excluding carboxylic acids is 1. The van der Waals surface area contributed by atoms with E-state index in [1.807, 2.05) is 12.1 Å². The number of nitrogens with one attached hydrogen (secondary N) is 1. The first kappa shape index (κ1) is 18.5. The first-order valence-corrected chi connectivity index (χ1v) is 8.45. The number of furan rings is 1. The Balaban J connectivity index is 1.59. The van der Waals surface area contributed by atoms with Crippen molar-refractivity contribution in [3.63, 3.8) is 0 Å². The molecule has 2 aromatic carbocycles. The lowest BCUT2D eigenvalue weighted by Gasteiger charge is -2.10. The quantitative estimate of drug-likeness (QED) is 0.682. The molecule has 27 heavy (non-hydrogen) atoms. The lowest BCUT2D eigenvalue weighted by Crippen LogP contribution is -2.25. The molecule has 0 saturated carbocycles. The van der Waals surface area contributed by atoms with Crippen LogP contribution in [-0.4, -0.2) is 26.7 Å². The molecule has 0 unspecified atom stereocenters. The average molecular weight is 369 g/mol. The third-order valence-corrected chi connectivity index (χ3v) is 4.13. The molecule has 0 spiro atoms. The number of hydrogen-bond acceptors (Lipinski definition) is 4. The molecule has 1 N–H and O–H groups in total. The Labute approximate surface area is 156 Å². The fourth-order valence-electron chi connectivity index (χ4n) is 2.69. The number of ether oxygens (including phenoxy) is 2. The maximum atomic E-state index is 13.0. The predicted molar refractivity (Wildman–Crippen MR) is 99.7 cm³/mol. The molecular formula is C21H20FNO4. The predicted octanol–water partition coefficient (Wildman–Crippen LogP) is 4.08. The molecule has 0 radical (unpaired) electrons. The van der Waals surface area contributed by atoms with Crippen LogP contribution in [0.5, 0.6) is 11.5 Å². The van der Waals surface area contributed by atoms with Gasteiger partial charge in [-0.15, -0.1) is 0 Å². The Morgan fingerprint density at radius 3 is 2.52 bits per heavy atom. The van der Waals surface area contributed by atoms with Crippen LogP contribution in [0.3, 0.4) is 0 Å². The highest BCUT2D eigenvalue weighted by Crippen LogP contribution is 2.25. The number of amides is 1. The molecule has 1 aromatic heterocycles. The number of hydrogen-bond donors (Lipinski definition) is 1. The largest absolute Gasteiger partial charge is 0.497 e. The minimum atomic E-state index is -0.322. The summed E-state index contributed by atoms with van der Waals surface area (Å²) in [5.41, 5.74) is 1.67. The molecule has 5 nitrogen and oxygen atoms in total. The molecule has 0 aliphatic carbocycles. The van der Waals surface area contributed by atoms with E-state index in [1.54, 1.807) is 44.6 Å². The van der Waals surface area contributed by atoms with Crippen molar-refractivity contribution in [1.29, 1.82) is 0 Å². The molecular weight excluding hydrogens is 349 g/mol. The number of rotatable bonds is 7. The third kappa shape index (κ3) is 4.47. The molecule has 0 bridgehead atoms. The van der Waals surface area contributed by atoms with Crippen molar-refractivity contribution in [2.24, 2.45) is 0 Å². The molecule has 3 aromatic rings. The zero-order valence-electron chi connectivity index (χ0n) is 15.1. The molecule has 140 valence electrons. The van der Waals surface area contributed by atoms with Crippen molar-refractivity contribution in [3.8, 4) is 22.8 Å². The van der Waals surface area contributed by atoms with Gasteiger partial charge in [0.1, 0.15) is 23.1 Å². The van der Waals surface area contributed by atoms with E-state index in [9.17, 15) is 9.18 Å². The highest BCUT2D eigenvalue weighted by Gasteiger charge is 2.13. The molecule has 0 aliphatic rings. The summed E-state index contributed by atoms with van der Waals surface area (Å²) in [6, 6.07) is 14.7. The van der Waals surface area contributed by atoms with E-state index in [2.05, 4.69) is 5.32 Å². The van der Waals surface area contributed by atoms with E-state index in [-0.39, 0.29) is 17.5 Å². The summed E-state index contributed by atoms with van der Waals surface area (Å²) in [4.78, 5) is 12.3. The van der Waals surface area contributed by atoms with E-state index >= 15 is 0 Å². The molecule has 6 heteroatoms. The van der Waals surface area contributed by atoms with Crippen molar-refractivity contribution in [3.05, 3.63) is 71.7 Å². The Morgan fingerprint density at radius 1 is 1.04 bits per heavy atom. The first-order chi connectivity index (χ1) is 13.1. The Morgan fingerprint density at radius 2 is 1.81 bits per heavy atom. The standard InChI is InChI=1S/C21H20FNO4/c1-25-17-8-5-15(20(13-17)26-2)11-12-23-21(24)19-10-9-18(27-19)14-3-6-16(22)7-4-14/h3-10,13H,11-12H2,1-2H3,(H,23,24). The fraction of sp³-hybridized carbons (Fsp3) is 0.190. The van der Waals surface area contributed by atoms with Crippen LogP contribution in [0.15, 0.2) is 59.0 Å². The summed E-state index contributed by atoms with van der Waals surface area (Å²) in [7, 11) is 3.19. The highest BCUT2D eigenvalue weighted by atomic mass is 19.1. The van der Waals surface area contributed by atoms with Gasteiger partial charge in [-0.05, 0) is 54.4 Å². The van der Waals surface area contributed by atoms with Crippen molar-refractivity contribution < 1.29 is 23.1 Å². The summed E-state index contributed by atoms with van der Waals surface area (Å²) >= 11 is 0. The maximum Gasteiger partial charge on any atom is 0.287 e. The zero-order chi connectivity index (χ0) is 19.2. The second kappa shape index (κ2) is 8.40. The van der Waals surface area contributed by atoms with Gasteiger partial charge in [0.2, 0.25) is 0 Å². The summed E-state index contributed by atoms with van der Waals surface area (Å²) < 4.78 is 29.1. The number of halogens is 1. The Hall–Kier alpha value is -3.28. The Kier molecular flexibility index (Phi) is 5.76. The van der Waals surface area contributed by atoms with Gasteiger partial charge in [0.05, 0.1) is 14.2 Å². The summed E-state index contributed by atoms with van der Waals surface area (Å²) in [6.45, 7) is 0.425. The van der Waals surface area contributed by atoms with E-state index in [0.717, 1.165) is 5.56 Å². The fourth-order valence-corrected chi connectivity index (χ4v) is 2.69. The van der Waals surface area contributed by atoms with E-state index < -0.39 is 0 Å². The van der Waals surface area contributed by atoms with E-state index in [0.29, 0.717) is 35.8 Å². The molecule has 0 atom stereocenters. The molecule has 3 rings (SSSR count). The van der Waals surface area contributed by atoms with Crippen LogP contribution in [0, 0.1) is 5.82 Å². The lowest BCUT2D eigenvalue weighted by atomic mass is 10.1. The SMILES string of the molecule is COc1ccc(CCNC(=O)c2ccc(-c3ccc(F)cc3)o2)c(OC)c1. The normalized spacial score (nSPS) is 10.5. The van der Waals surface area contributed by atoms with Gasteiger partial charge in [-0.3, -0.25) is 4.79 Å². The molecule has 1 amide bonds. The van der Waals surface area contributed by atoms with Gasteiger partial charge in [-0.2, -0.15) is 0 Å². The summed E-state index contributed by atoms with van der Waals surface area (Å²) in [6.07, 6.45) is 0.602. The number of benzene rings is 2. The smallest absolute Gasteiger partial charge is 0.287 e. The molecule has 0 aliphatic heterocycles. The van der Waals surface area contributed by atoms with Gasteiger partial charge in [0.25, 0.3) is 5.91 Å². The number of carbonyl (C=O) groups is 1. The molecule has 1 heterocycles. The highest BCUT2D eigenvalue weighted by molar-refractivity contribution is 5.92. The van der Waals surface area contributed by atoms with Gasteiger partial charge in [-0.1, -0.05) is 6.07 Å². The topological polar surface area (TPSA) is 60.7 Å². The van der Waals surface area contributed by atoms with Crippen molar-refractivity contribution in [2.45, 2.75) is 6.42 Å². The van der Waals surface area contributed by atoms with Crippen LogP contribution in [0.2, 0.25) is 0 Å². The van der Waals surface area contributed by atoms with Crippen LogP contribution in [-0.2, 0) is 6.42 Å². The maximum absolute atomic E-state index is 13.0. The summed E-state index contributed by atoms with van der Waals surface area (Å²) in [5.74, 6) is 1.50. The van der Waals surface area contributed by atoms with Gasteiger partial charge in [0, 0.05) is 18.2 Å². The van der Waals surface area contributed by atoms with Crippen molar-refractivity contribution in [2.75, 3.05) is 20.8 Å². The summed E-state index contributed by atoms with van der Waals surface area (Å²) in [5, 5.41) is 2.82.